The maximum Gasteiger partial charge on any atom is 0.145 e. The molecule has 2 heterocycles. The first-order valence-corrected chi connectivity index (χ1v) is 5.75. The van der Waals surface area contributed by atoms with E-state index in [1.54, 1.807) is 0 Å². The first-order valence-electron chi connectivity index (χ1n) is 5.75. The molecule has 2 rings (SSSR count). The minimum absolute atomic E-state index is 0.0662. The molecule has 0 aromatic carbocycles. The molecule has 0 bridgehead atoms. The Hall–Kier alpha value is -0.830. The van der Waals surface area contributed by atoms with E-state index >= 15 is 0 Å². The highest BCUT2D eigenvalue weighted by Gasteiger charge is 2.28. The summed E-state index contributed by atoms with van der Waals surface area (Å²) < 4.78 is 5.41. The Morgan fingerprint density at radius 2 is 2.00 bits per heavy atom. The number of hydrogen-bond donors (Lipinski definition) is 1. The lowest BCUT2D eigenvalue weighted by molar-refractivity contribution is 0.322. The van der Waals surface area contributed by atoms with Gasteiger partial charge >= 0.3 is 0 Å². The van der Waals surface area contributed by atoms with Crippen LogP contribution in [0.15, 0.2) is 10.7 Å². The lowest BCUT2D eigenvalue weighted by atomic mass is 9.83. The molecule has 84 valence electrons. The van der Waals surface area contributed by atoms with Crippen LogP contribution in [-0.2, 0) is 5.41 Å². The Morgan fingerprint density at radius 1 is 1.33 bits per heavy atom. The van der Waals surface area contributed by atoms with Crippen molar-refractivity contribution < 1.29 is 4.52 Å². The van der Waals surface area contributed by atoms with Gasteiger partial charge in [0.2, 0.25) is 0 Å². The zero-order chi connectivity index (χ0) is 10.9. The van der Waals surface area contributed by atoms with E-state index < -0.39 is 0 Å². The van der Waals surface area contributed by atoms with Crippen LogP contribution < -0.4 is 5.32 Å². The van der Waals surface area contributed by atoms with Crippen molar-refractivity contribution in [3.63, 3.8) is 0 Å². The second-order valence-electron chi connectivity index (χ2n) is 5.38. The van der Waals surface area contributed by atoms with Crippen LogP contribution in [0.5, 0.6) is 0 Å². The van der Waals surface area contributed by atoms with Gasteiger partial charge in [-0.1, -0.05) is 25.9 Å². The van der Waals surface area contributed by atoms with Crippen LogP contribution in [0.3, 0.4) is 0 Å². The lowest BCUT2D eigenvalue weighted by Gasteiger charge is -2.25. The summed E-state index contributed by atoms with van der Waals surface area (Å²) in [6.07, 6.45) is 4.31. The third-order valence-corrected chi connectivity index (χ3v) is 3.06. The van der Waals surface area contributed by atoms with Crippen LogP contribution in [0.4, 0.5) is 0 Å². The summed E-state index contributed by atoms with van der Waals surface area (Å²) in [4.78, 5) is 0. The Balaban J connectivity index is 2.24. The van der Waals surface area contributed by atoms with E-state index in [9.17, 15) is 0 Å². The summed E-state index contributed by atoms with van der Waals surface area (Å²) in [5.41, 5.74) is 1.39. The van der Waals surface area contributed by atoms with E-state index in [1.165, 1.54) is 18.4 Å². The van der Waals surface area contributed by atoms with Crippen molar-refractivity contribution in [2.24, 2.45) is 0 Å². The average Bonchev–Trinajstić information content (AvgIpc) is 2.67. The van der Waals surface area contributed by atoms with E-state index in [0.717, 1.165) is 18.8 Å². The molecule has 3 nitrogen and oxygen atoms in total. The zero-order valence-corrected chi connectivity index (χ0v) is 9.84. The standard InChI is InChI=1S/C12H20N2O/c1-12(2,3)11-10(8-14-15-11)9-4-6-13-7-5-9/h8-9,13H,4-7H2,1-3H3. The number of rotatable bonds is 1. The molecule has 15 heavy (non-hydrogen) atoms. The Morgan fingerprint density at radius 3 is 2.60 bits per heavy atom. The molecule has 1 aromatic rings. The van der Waals surface area contributed by atoms with Crippen LogP contribution in [0.25, 0.3) is 0 Å². The maximum atomic E-state index is 5.41. The van der Waals surface area contributed by atoms with Gasteiger partial charge < -0.3 is 9.84 Å². The molecule has 0 spiro atoms. The second-order valence-corrected chi connectivity index (χ2v) is 5.38. The maximum absolute atomic E-state index is 5.41. The number of aromatic nitrogens is 1. The Labute approximate surface area is 91.2 Å². The number of piperidine rings is 1. The summed E-state index contributed by atoms with van der Waals surface area (Å²) in [7, 11) is 0. The molecule has 1 aromatic heterocycles. The third-order valence-electron chi connectivity index (χ3n) is 3.06. The van der Waals surface area contributed by atoms with Gasteiger partial charge in [-0.15, -0.1) is 0 Å². The normalized spacial score (nSPS) is 19.4. The van der Waals surface area contributed by atoms with Gasteiger partial charge in [-0.05, 0) is 31.8 Å². The Kier molecular flexibility index (Phi) is 2.83. The minimum atomic E-state index is 0.0662. The van der Waals surface area contributed by atoms with Crippen LogP contribution in [0.2, 0.25) is 0 Å². The molecular formula is C12H20N2O. The molecule has 0 saturated carbocycles. The third kappa shape index (κ3) is 2.23. The fraction of sp³-hybridized carbons (Fsp3) is 0.750. The molecule has 1 N–H and O–H groups in total. The largest absolute Gasteiger partial charge is 0.361 e. The van der Waals surface area contributed by atoms with Crippen molar-refractivity contribution in [2.75, 3.05) is 13.1 Å². The summed E-state index contributed by atoms with van der Waals surface area (Å²) in [6.45, 7) is 8.76. The first kappa shape index (κ1) is 10.7. The molecule has 0 radical (unpaired) electrons. The van der Waals surface area contributed by atoms with E-state index in [0.29, 0.717) is 5.92 Å². The second kappa shape index (κ2) is 3.97. The van der Waals surface area contributed by atoms with Gasteiger partial charge in [0.1, 0.15) is 5.76 Å². The molecule has 0 unspecified atom stereocenters. The molecule has 0 amide bonds. The molecule has 1 aliphatic rings. The first-order chi connectivity index (χ1) is 7.09. The highest BCUT2D eigenvalue weighted by molar-refractivity contribution is 5.25. The lowest BCUT2D eigenvalue weighted by Crippen LogP contribution is -2.27. The van der Waals surface area contributed by atoms with Crippen molar-refractivity contribution in [2.45, 2.75) is 44.9 Å². The van der Waals surface area contributed by atoms with Crippen LogP contribution in [0.1, 0.15) is 50.9 Å². The smallest absolute Gasteiger partial charge is 0.145 e. The van der Waals surface area contributed by atoms with E-state index in [4.69, 9.17) is 4.52 Å². The monoisotopic (exact) mass is 208 g/mol. The van der Waals surface area contributed by atoms with Crippen molar-refractivity contribution >= 4 is 0 Å². The topological polar surface area (TPSA) is 38.1 Å². The summed E-state index contributed by atoms with van der Waals surface area (Å²) >= 11 is 0. The van der Waals surface area contributed by atoms with Gasteiger partial charge in [0, 0.05) is 11.0 Å². The molecule has 1 fully saturated rings. The average molecular weight is 208 g/mol. The fourth-order valence-corrected chi connectivity index (χ4v) is 2.24. The molecule has 0 atom stereocenters. The molecular weight excluding hydrogens is 188 g/mol. The van der Waals surface area contributed by atoms with E-state index in [1.807, 2.05) is 6.20 Å². The molecule has 1 saturated heterocycles. The number of hydrogen-bond acceptors (Lipinski definition) is 3. The summed E-state index contributed by atoms with van der Waals surface area (Å²) in [5, 5.41) is 7.35. The van der Waals surface area contributed by atoms with Gasteiger partial charge in [0.15, 0.2) is 0 Å². The zero-order valence-electron chi connectivity index (χ0n) is 9.84. The van der Waals surface area contributed by atoms with Crippen LogP contribution in [0, 0.1) is 0 Å². The van der Waals surface area contributed by atoms with Gasteiger partial charge in [-0.25, -0.2) is 0 Å². The Bertz CT molecular complexity index is 319. The van der Waals surface area contributed by atoms with Crippen LogP contribution >= 0.6 is 0 Å². The molecule has 0 aliphatic carbocycles. The predicted molar refractivity (Wildman–Crippen MR) is 60.0 cm³/mol. The van der Waals surface area contributed by atoms with Gasteiger partial charge in [-0.2, -0.15) is 0 Å². The number of nitrogens with one attached hydrogen (secondary N) is 1. The quantitative estimate of drug-likeness (QED) is 0.770. The molecule has 1 aliphatic heterocycles. The van der Waals surface area contributed by atoms with Crippen molar-refractivity contribution in [1.29, 1.82) is 0 Å². The van der Waals surface area contributed by atoms with Crippen molar-refractivity contribution in [3.05, 3.63) is 17.5 Å². The minimum Gasteiger partial charge on any atom is -0.361 e. The van der Waals surface area contributed by atoms with Crippen molar-refractivity contribution in [3.8, 4) is 0 Å². The van der Waals surface area contributed by atoms with Crippen LogP contribution in [-0.4, -0.2) is 18.2 Å². The highest BCUT2D eigenvalue weighted by Crippen LogP contribution is 2.34. The fourth-order valence-electron chi connectivity index (χ4n) is 2.24. The van der Waals surface area contributed by atoms with Gasteiger partial charge in [-0.3, -0.25) is 0 Å². The molecule has 3 heteroatoms. The van der Waals surface area contributed by atoms with Gasteiger partial charge in [0.25, 0.3) is 0 Å². The predicted octanol–water partition coefficient (Wildman–Crippen LogP) is 2.44. The highest BCUT2D eigenvalue weighted by atomic mass is 16.5. The summed E-state index contributed by atoms with van der Waals surface area (Å²) in [6, 6.07) is 0. The number of nitrogens with zero attached hydrogens (tertiary/aromatic N) is 1. The van der Waals surface area contributed by atoms with Crippen molar-refractivity contribution in [1.82, 2.24) is 10.5 Å². The van der Waals surface area contributed by atoms with E-state index in [-0.39, 0.29) is 5.41 Å². The SMILES string of the molecule is CC(C)(C)c1oncc1C1CCNCC1. The van der Waals surface area contributed by atoms with E-state index in [2.05, 4.69) is 31.2 Å². The summed E-state index contributed by atoms with van der Waals surface area (Å²) in [5.74, 6) is 1.70. The van der Waals surface area contributed by atoms with Gasteiger partial charge in [0.05, 0.1) is 6.20 Å².